The number of benzene rings is 2. The van der Waals surface area contributed by atoms with Gasteiger partial charge in [0.1, 0.15) is 17.0 Å². The Balaban J connectivity index is 1.27. The van der Waals surface area contributed by atoms with E-state index in [2.05, 4.69) is 30.5 Å². The average Bonchev–Trinajstić information content (AvgIpc) is 3.52. The van der Waals surface area contributed by atoms with Crippen molar-refractivity contribution in [3.63, 3.8) is 0 Å². The van der Waals surface area contributed by atoms with Crippen LogP contribution >= 0.6 is 0 Å². The molecule has 9 heteroatoms. The summed E-state index contributed by atoms with van der Waals surface area (Å²) in [5, 5.41) is 11.4. The van der Waals surface area contributed by atoms with Crippen molar-refractivity contribution in [3.05, 3.63) is 79.0 Å². The predicted molar refractivity (Wildman–Crippen MR) is 144 cm³/mol. The molecule has 0 unspecified atom stereocenters. The Hall–Kier alpha value is -4.92. The van der Waals surface area contributed by atoms with Crippen LogP contribution in [0.25, 0.3) is 55.8 Å². The van der Waals surface area contributed by atoms with Gasteiger partial charge < -0.3 is 10.3 Å². The van der Waals surface area contributed by atoms with E-state index in [9.17, 15) is 9.18 Å². The van der Waals surface area contributed by atoms with Gasteiger partial charge in [0.15, 0.2) is 11.5 Å². The lowest BCUT2D eigenvalue weighted by Crippen LogP contribution is -2.28. The lowest BCUT2D eigenvalue weighted by atomic mass is 9.85. The van der Waals surface area contributed by atoms with Crippen LogP contribution in [0.15, 0.2) is 73.2 Å². The first-order valence-electron chi connectivity index (χ1n) is 12.5. The number of H-pyrrole nitrogens is 2. The molecule has 1 saturated carbocycles. The number of rotatable bonds is 5. The smallest absolute Gasteiger partial charge is 0.227 e. The van der Waals surface area contributed by atoms with E-state index < -0.39 is 0 Å². The quantitative estimate of drug-likeness (QED) is 0.263. The first kappa shape index (κ1) is 22.3. The molecule has 186 valence electrons. The number of carbonyl (C=O) groups excluding carboxylic acids is 1. The van der Waals surface area contributed by atoms with E-state index in [1.165, 1.54) is 6.07 Å². The number of nitrogens with zero attached hydrogens (tertiary/aromatic N) is 4. The molecule has 0 saturated heterocycles. The van der Waals surface area contributed by atoms with Crippen LogP contribution in [0.5, 0.6) is 0 Å². The van der Waals surface area contributed by atoms with E-state index in [0.29, 0.717) is 39.5 Å². The molecular weight excluding hydrogens is 481 g/mol. The van der Waals surface area contributed by atoms with Crippen molar-refractivity contribution in [3.8, 4) is 33.8 Å². The maximum Gasteiger partial charge on any atom is 0.227 e. The summed E-state index contributed by atoms with van der Waals surface area (Å²) in [6, 6.07) is 16.2. The number of anilines is 1. The van der Waals surface area contributed by atoms with Crippen LogP contribution in [-0.4, -0.2) is 36.0 Å². The zero-order valence-corrected chi connectivity index (χ0v) is 20.2. The van der Waals surface area contributed by atoms with E-state index in [1.54, 1.807) is 42.9 Å². The molecule has 4 aromatic heterocycles. The van der Waals surface area contributed by atoms with Crippen LogP contribution in [0.2, 0.25) is 0 Å². The predicted octanol–water partition coefficient (Wildman–Crippen LogP) is 6.11. The maximum atomic E-state index is 14.6. The Morgan fingerprint density at radius 3 is 2.74 bits per heavy atom. The number of halogens is 1. The minimum absolute atomic E-state index is 0.0519. The highest BCUT2D eigenvalue weighted by molar-refractivity contribution is 5.98. The Labute approximate surface area is 216 Å². The van der Waals surface area contributed by atoms with Crippen molar-refractivity contribution >= 4 is 33.7 Å². The maximum absolute atomic E-state index is 14.6. The summed E-state index contributed by atoms with van der Waals surface area (Å²) in [7, 11) is 0. The van der Waals surface area contributed by atoms with Crippen LogP contribution < -0.4 is 5.32 Å². The van der Waals surface area contributed by atoms with E-state index in [4.69, 9.17) is 4.98 Å². The first-order valence-corrected chi connectivity index (χ1v) is 12.5. The van der Waals surface area contributed by atoms with Gasteiger partial charge in [0, 0.05) is 40.4 Å². The monoisotopic (exact) mass is 503 g/mol. The summed E-state index contributed by atoms with van der Waals surface area (Å²) in [6.07, 6.45) is 8.06. The topological polar surface area (TPSA) is 112 Å². The van der Waals surface area contributed by atoms with Crippen LogP contribution in [0.1, 0.15) is 19.3 Å². The van der Waals surface area contributed by atoms with Crippen molar-refractivity contribution in [2.24, 2.45) is 5.92 Å². The van der Waals surface area contributed by atoms with Gasteiger partial charge in [-0.05, 0) is 48.7 Å². The highest BCUT2D eigenvalue weighted by Crippen LogP contribution is 2.34. The third-order valence-corrected chi connectivity index (χ3v) is 7.15. The molecule has 0 atom stereocenters. The normalized spacial score (nSPS) is 13.6. The lowest BCUT2D eigenvalue weighted by molar-refractivity contribution is -0.122. The number of imidazole rings is 1. The number of aromatic amines is 2. The summed E-state index contributed by atoms with van der Waals surface area (Å²) in [6.45, 7) is 0. The Kier molecular flexibility index (Phi) is 5.21. The largest absolute Gasteiger partial charge is 0.324 e. The summed E-state index contributed by atoms with van der Waals surface area (Å²) in [5.74, 6) is 0.357. The third kappa shape index (κ3) is 3.80. The number of aromatic nitrogens is 6. The van der Waals surface area contributed by atoms with Gasteiger partial charge >= 0.3 is 0 Å². The second-order valence-corrected chi connectivity index (χ2v) is 9.53. The van der Waals surface area contributed by atoms with Crippen molar-refractivity contribution < 1.29 is 9.18 Å². The van der Waals surface area contributed by atoms with E-state index >= 15 is 0 Å². The second-order valence-electron chi connectivity index (χ2n) is 9.53. The summed E-state index contributed by atoms with van der Waals surface area (Å²) in [4.78, 5) is 29.2. The van der Waals surface area contributed by atoms with Gasteiger partial charge in [0.05, 0.1) is 17.4 Å². The van der Waals surface area contributed by atoms with Gasteiger partial charge in [-0.1, -0.05) is 30.7 Å². The Morgan fingerprint density at radius 2 is 1.89 bits per heavy atom. The highest BCUT2D eigenvalue weighted by atomic mass is 19.1. The van der Waals surface area contributed by atoms with Crippen molar-refractivity contribution in [1.82, 2.24) is 30.1 Å². The first-order chi connectivity index (χ1) is 18.6. The SMILES string of the molecule is O=C(Nc1cncc(-c2ccc3[nH]nc(-c4nc5c(-c6ccccc6F)ccnc5[nH]4)c3c2)c1)C1CCC1. The van der Waals surface area contributed by atoms with E-state index in [-0.39, 0.29) is 17.6 Å². The van der Waals surface area contributed by atoms with Gasteiger partial charge in [-0.2, -0.15) is 5.10 Å². The molecule has 0 spiro atoms. The molecule has 4 heterocycles. The molecular formula is C29H22FN7O. The molecule has 0 aliphatic heterocycles. The standard InChI is InChI=1S/C29H22FN7O/c30-23-7-2-1-6-20(23)21-10-11-32-27-25(21)34-28(35-27)26-22-13-17(8-9-24(22)36-37-26)18-12-19(15-31-14-18)33-29(38)16-4-3-5-16/h1-2,6-16H,3-5H2,(H,33,38)(H,36,37)(H,32,34,35). The van der Waals surface area contributed by atoms with E-state index in [0.717, 1.165) is 41.3 Å². The number of amides is 1. The van der Waals surface area contributed by atoms with Crippen LogP contribution in [0.3, 0.4) is 0 Å². The minimum Gasteiger partial charge on any atom is -0.324 e. The van der Waals surface area contributed by atoms with Crippen molar-refractivity contribution in [2.75, 3.05) is 5.32 Å². The number of fused-ring (bicyclic) bond motifs is 2. The number of hydrogen-bond donors (Lipinski definition) is 3. The van der Waals surface area contributed by atoms with Gasteiger partial charge in [0.25, 0.3) is 0 Å². The van der Waals surface area contributed by atoms with Crippen LogP contribution in [-0.2, 0) is 4.79 Å². The Morgan fingerprint density at radius 1 is 1.00 bits per heavy atom. The Bertz CT molecular complexity index is 1840. The van der Waals surface area contributed by atoms with Crippen molar-refractivity contribution in [1.29, 1.82) is 0 Å². The number of hydrogen-bond acceptors (Lipinski definition) is 5. The molecule has 6 aromatic rings. The third-order valence-electron chi connectivity index (χ3n) is 7.15. The summed E-state index contributed by atoms with van der Waals surface area (Å²) in [5.41, 5.74) is 6.18. The number of carbonyl (C=O) groups is 1. The molecule has 7 rings (SSSR count). The van der Waals surface area contributed by atoms with Gasteiger partial charge in [-0.15, -0.1) is 0 Å². The zero-order chi connectivity index (χ0) is 25.6. The molecule has 1 amide bonds. The molecule has 0 radical (unpaired) electrons. The number of pyridine rings is 2. The zero-order valence-electron chi connectivity index (χ0n) is 20.2. The molecule has 1 aliphatic carbocycles. The van der Waals surface area contributed by atoms with Crippen molar-refractivity contribution in [2.45, 2.75) is 19.3 Å². The minimum atomic E-state index is -0.320. The molecule has 1 aliphatic rings. The molecule has 2 aromatic carbocycles. The highest BCUT2D eigenvalue weighted by Gasteiger charge is 2.25. The van der Waals surface area contributed by atoms with Crippen LogP contribution in [0, 0.1) is 11.7 Å². The molecule has 0 bridgehead atoms. The molecule has 1 fully saturated rings. The number of nitrogens with one attached hydrogen (secondary N) is 3. The molecule has 3 N–H and O–H groups in total. The second kappa shape index (κ2) is 8.88. The van der Waals surface area contributed by atoms with Crippen LogP contribution in [0.4, 0.5) is 10.1 Å². The molecule has 8 nitrogen and oxygen atoms in total. The fraction of sp³-hybridized carbons (Fsp3) is 0.138. The molecule has 38 heavy (non-hydrogen) atoms. The van der Waals surface area contributed by atoms with Gasteiger partial charge in [0.2, 0.25) is 5.91 Å². The van der Waals surface area contributed by atoms with Gasteiger partial charge in [-0.25, -0.2) is 14.4 Å². The lowest BCUT2D eigenvalue weighted by Gasteiger charge is -2.24. The summed E-state index contributed by atoms with van der Waals surface area (Å²) >= 11 is 0. The fourth-order valence-corrected chi connectivity index (χ4v) is 4.87. The fourth-order valence-electron chi connectivity index (χ4n) is 4.87. The van der Waals surface area contributed by atoms with Gasteiger partial charge in [-0.3, -0.25) is 14.9 Å². The summed E-state index contributed by atoms with van der Waals surface area (Å²) < 4.78 is 14.6. The van der Waals surface area contributed by atoms with E-state index in [1.807, 2.05) is 24.3 Å². The average molecular weight is 504 g/mol.